The fourth-order valence-electron chi connectivity index (χ4n) is 1.51. The van der Waals surface area contributed by atoms with Gasteiger partial charge in [0.1, 0.15) is 6.29 Å². The normalized spacial score (nSPS) is 9.33. The first-order valence-corrected chi connectivity index (χ1v) is 7.51. The van der Waals surface area contributed by atoms with Crippen LogP contribution in [-0.2, 0) is 0 Å². The maximum atomic E-state index is 10.7. The van der Waals surface area contributed by atoms with E-state index in [4.69, 9.17) is 8.92 Å². The molecule has 0 unspecified atom stereocenters. The Kier molecular flexibility index (Phi) is 7.40. The van der Waals surface area contributed by atoms with E-state index >= 15 is 0 Å². The number of hydrogen-bond acceptors (Lipinski definition) is 4. The Labute approximate surface area is 130 Å². The summed E-state index contributed by atoms with van der Waals surface area (Å²) in [7, 11) is 1.55. The Morgan fingerprint density at radius 1 is 1.00 bits per heavy atom. The second kappa shape index (κ2) is 9.08. The molecule has 0 fully saturated rings. The van der Waals surface area contributed by atoms with Gasteiger partial charge in [-0.25, -0.2) is 0 Å². The van der Waals surface area contributed by atoms with Crippen LogP contribution in [0.4, 0.5) is 0 Å². The highest BCUT2D eigenvalue weighted by Crippen LogP contribution is 2.32. The molecule has 0 radical (unpaired) electrons. The Balaban J connectivity index is 0.00000106. The van der Waals surface area contributed by atoms with Gasteiger partial charge in [-0.05, 0) is 37.3 Å². The van der Waals surface area contributed by atoms with Crippen molar-refractivity contribution in [2.75, 3.05) is 7.11 Å². The van der Waals surface area contributed by atoms with E-state index in [-0.39, 0.29) is 0 Å². The minimum atomic E-state index is 0.546. The molecule has 4 heteroatoms. The molecule has 0 aromatic heterocycles. The Morgan fingerprint density at radius 3 is 2.24 bits per heavy atom. The van der Waals surface area contributed by atoms with Gasteiger partial charge in [0.05, 0.1) is 19.2 Å². The van der Waals surface area contributed by atoms with E-state index < -0.39 is 0 Å². The summed E-state index contributed by atoms with van der Waals surface area (Å²) in [6.45, 7) is 6.04. The molecule has 0 atom stereocenters. The fraction of sp³-hybridized carbons (Fsp3) is 0.235. The number of hydrogen-bond donors (Lipinski definition) is 0. The third-order valence-corrected chi connectivity index (χ3v) is 3.30. The minimum absolute atomic E-state index is 0.546. The number of benzene rings is 2. The fourth-order valence-corrected chi connectivity index (χ4v) is 2.08. The van der Waals surface area contributed by atoms with Crippen LogP contribution in [0.15, 0.2) is 47.4 Å². The van der Waals surface area contributed by atoms with Gasteiger partial charge in [0.2, 0.25) is 0 Å². The molecule has 21 heavy (non-hydrogen) atoms. The third-order valence-electron chi connectivity index (χ3n) is 2.57. The molecule has 2 aromatic carbocycles. The molecule has 2 aromatic rings. The van der Waals surface area contributed by atoms with Crippen LogP contribution in [0, 0.1) is 6.92 Å². The maximum absolute atomic E-state index is 10.7. The van der Waals surface area contributed by atoms with Gasteiger partial charge >= 0.3 is 0 Å². The minimum Gasteiger partial charge on any atom is -0.493 e. The third kappa shape index (κ3) is 5.16. The van der Waals surface area contributed by atoms with E-state index in [0.29, 0.717) is 17.1 Å². The number of methoxy groups -OCH3 is 1. The summed E-state index contributed by atoms with van der Waals surface area (Å²) in [4.78, 5) is 11.7. The Morgan fingerprint density at radius 2 is 1.67 bits per heavy atom. The molecule has 0 aliphatic carbocycles. The van der Waals surface area contributed by atoms with Crippen LogP contribution in [0.3, 0.4) is 0 Å². The van der Waals surface area contributed by atoms with E-state index in [2.05, 4.69) is 0 Å². The van der Waals surface area contributed by atoms with Gasteiger partial charge in [-0.2, -0.15) is 0 Å². The van der Waals surface area contributed by atoms with Crippen molar-refractivity contribution in [2.45, 2.75) is 25.7 Å². The van der Waals surface area contributed by atoms with E-state index in [1.165, 1.54) is 17.6 Å². The zero-order valence-electron chi connectivity index (χ0n) is 12.8. The number of ether oxygens (including phenoxy) is 1. The van der Waals surface area contributed by atoms with Gasteiger partial charge in [-0.1, -0.05) is 31.5 Å². The summed E-state index contributed by atoms with van der Waals surface area (Å²) in [5.74, 6) is 1.14. The smallest absolute Gasteiger partial charge is 0.179 e. The lowest BCUT2D eigenvalue weighted by Gasteiger charge is -2.09. The van der Waals surface area contributed by atoms with Crippen molar-refractivity contribution >= 4 is 18.3 Å². The standard InChI is InChI=1S/C15H14O3S.C2H6/c1-11-3-6-13(7-4-11)19-18-14-8-5-12(10-16)9-15(14)17-2;1-2/h3-10H,1-2H3;1-2H3. The molecule has 2 rings (SSSR count). The molecular weight excluding hydrogens is 284 g/mol. The quantitative estimate of drug-likeness (QED) is 0.579. The van der Waals surface area contributed by atoms with Gasteiger partial charge in [-0.3, -0.25) is 4.79 Å². The van der Waals surface area contributed by atoms with Crippen molar-refractivity contribution in [3.05, 3.63) is 53.6 Å². The zero-order chi connectivity index (χ0) is 15.7. The van der Waals surface area contributed by atoms with E-state index in [0.717, 1.165) is 11.2 Å². The maximum Gasteiger partial charge on any atom is 0.179 e. The van der Waals surface area contributed by atoms with Crippen LogP contribution < -0.4 is 8.92 Å². The summed E-state index contributed by atoms with van der Waals surface area (Å²) in [5, 5.41) is 0. The Bertz CT molecular complexity index is 565. The van der Waals surface area contributed by atoms with Crippen molar-refractivity contribution < 1.29 is 13.7 Å². The van der Waals surface area contributed by atoms with E-state index in [1.807, 2.05) is 45.0 Å². The molecular formula is C17H20O3S. The van der Waals surface area contributed by atoms with Crippen LogP contribution in [-0.4, -0.2) is 13.4 Å². The van der Waals surface area contributed by atoms with Crippen LogP contribution >= 0.6 is 12.0 Å². The lowest BCUT2D eigenvalue weighted by Crippen LogP contribution is -1.91. The first-order chi connectivity index (χ1) is 10.2. The lowest BCUT2D eigenvalue weighted by molar-refractivity contribution is 0.112. The molecule has 0 N–H and O–H groups in total. The summed E-state index contributed by atoms with van der Waals surface area (Å²) < 4.78 is 10.8. The summed E-state index contributed by atoms with van der Waals surface area (Å²) in [6, 6.07) is 13.1. The number of carbonyl (C=O) groups is 1. The van der Waals surface area contributed by atoms with Crippen molar-refractivity contribution in [3.8, 4) is 11.5 Å². The number of carbonyl (C=O) groups excluding carboxylic acids is 1. The van der Waals surface area contributed by atoms with E-state index in [1.54, 1.807) is 25.3 Å². The SMILES string of the molecule is CC.COc1cc(C=O)ccc1OSc1ccc(C)cc1. The zero-order valence-corrected chi connectivity index (χ0v) is 13.6. The molecule has 0 saturated carbocycles. The summed E-state index contributed by atoms with van der Waals surface area (Å²) in [5.41, 5.74) is 1.77. The largest absolute Gasteiger partial charge is 0.493 e. The Hall–Kier alpha value is -1.94. The average Bonchev–Trinajstić information content (AvgIpc) is 2.56. The molecule has 0 heterocycles. The molecule has 0 spiro atoms. The first kappa shape index (κ1) is 17.1. The molecule has 0 bridgehead atoms. The van der Waals surface area contributed by atoms with Gasteiger partial charge < -0.3 is 8.92 Å². The van der Waals surface area contributed by atoms with Crippen molar-refractivity contribution in [1.82, 2.24) is 0 Å². The monoisotopic (exact) mass is 304 g/mol. The molecule has 0 aliphatic heterocycles. The second-order valence-corrected chi connectivity index (χ2v) is 4.81. The highest BCUT2D eigenvalue weighted by molar-refractivity contribution is 7.95. The number of aldehydes is 1. The van der Waals surface area contributed by atoms with Gasteiger partial charge in [0.25, 0.3) is 0 Å². The highest BCUT2D eigenvalue weighted by Gasteiger charge is 2.07. The van der Waals surface area contributed by atoms with Crippen LogP contribution in [0.25, 0.3) is 0 Å². The number of rotatable bonds is 5. The molecule has 0 aliphatic rings. The topological polar surface area (TPSA) is 35.5 Å². The van der Waals surface area contributed by atoms with Crippen molar-refractivity contribution in [1.29, 1.82) is 0 Å². The van der Waals surface area contributed by atoms with E-state index in [9.17, 15) is 4.79 Å². The predicted molar refractivity (Wildman–Crippen MR) is 87.4 cm³/mol. The number of aryl methyl sites for hydroxylation is 1. The predicted octanol–water partition coefficient (Wildman–Crippen LogP) is 4.93. The van der Waals surface area contributed by atoms with Crippen LogP contribution in [0.5, 0.6) is 11.5 Å². The van der Waals surface area contributed by atoms with Crippen LogP contribution in [0.1, 0.15) is 29.8 Å². The molecule has 3 nitrogen and oxygen atoms in total. The lowest BCUT2D eigenvalue weighted by atomic mass is 10.2. The van der Waals surface area contributed by atoms with Crippen molar-refractivity contribution in [2.24, 2.45) is 0 Å². The van der Waals surface area contributed by atoms with Crippen LogP contribution in [0.2, 0.25) is 0 Å². The van der Waals surface area contributed by atoms with Gasteiger partial charge in [-0.15, -0.1) is 0 Å². The summed E-state index contributed by atoms with van der Waals surface area (Å²) >= 11 is 1.26. The highest BCUT2D eigenvalue weighted by atomic mass is 32.2. The first-order valence-electron chi connectivity index (χ1n) is 6.77. The second-order valence-electron chi connectivity index (χ2n) is 4.01. The summed E-state index contributed by atoms with van der Waals surface area (Å²) in [6.07, 6.45) is 0.777. The van der Waals surface area contributed by atoms with Gasteiger partial charge in [0.15, 0.2) is 11.5 Å². The molecule has 0 saturated heterocycles. The van der Waals surface area contributed by atoms with Gasteiger partial charge in [0, 0.05) is 10.5 Å². The molecule has 112 valence electrons. The van der Waals surface area contributed by atoms with Crippen molar-refractivity contribution in [3.63, 3.8) is 0 Å². The average molecular weight is 304 g/mol. The molecule has 0 amide bonds.